The first kappa shape index (κ1) is 11.0. The molecule has 1 aromatic heterocycles. The smallest absolute Gasteiger partial charge is 0.343 e. The van der Waals surface area contributed by atoms with Crippen molar-refractivity contribution in [2.75, 3.05) is 13.1 Å². The average molecular weight is 209 g/mol. The molecule has 0 atom stereocenters. The molecule has 0 amide bonds. The minimum absolute atomic E-state index is 0.0820. The maximum absolute atomic E-state index is 11.7. The van der Waals surface area contributed by atoms with E-state index >= 15 is 0 Å². The van der Waals surface area contributed by atoms with Crippen molar-refractivity contribution in [2.24, 2.45) is 0 Å². The van der Waals surface area contributed by atoms with Crippen molar-refractivity contribution < 1.29 is 17.7 Å². The summed E-state index contributed by atoms with van der Waals surface area (Å²) in [6.45, 7) is 0.330. The fourth-order valence-electron chi connectivity index (χ4n) is 0.858. The molecule has 7 heteroatoms. The lowest BCUT2D eigenvalue weighted by molar-refractivity contribution is -0.133. The van der Waals surface area contributed by atoms with Crippen LogP contribution >= 0.6 is 0 Å². The van der Waals surface area contributed by atoms with Gasteiger partial charge < -0.3 is 9.84 Å². The molecule has 1 heterocycles. The monoisotopic (exact) mass is 209 g/mol. The van der Waals surface area contributed by atoms with E-state index in [-0.39, 0.29) is 6.54 Å². The van der Waals surface area contributed by atoms with E-state index in [2.05, 4.69) is 20.0 Å². The predicted molar refractivity (Wildman–Crippen MR) is 41.5 cm³/mol. The molecule has 0 saturated carbocycles. The highest BCUT2D eigenvalue weighted by Gasteiger charge is 2.25. The number of alkyl halides is 3. The molecular weight excluding hydrogens is 199 g/mol. The van der Waals surface area contributed by atoms with E-state index in [0.717, 1.165) is 0 Å². The van der Waals surface area contributed by atoms with Gasteiger partial charge in [-0.25, -0.2) is 0 Å². The Morgan fingerprint density at radius 2 is 2.14 bits per heavy atom. The lowest BCUT2D eigenvalue weighted by Crippen LogP contribution is -2.23. The molecule has 0 unspecified atom stereocenters. The van der Waals surface area contributed by atoms with E-state index in [9.17, 15) is 13.2 Å². The summed E-state index contributed by atoms with van der Waals surface area (Å²) >= 11 is 0. The first-order chi connectivity index (χ1) is 6.58. The van der Waals surface area contributed by atoms with Crippen LogP contribution in [0.5, 0.6) is 0 Å². The Kier molecular flexibility index (Phi) is 3.87. The van der Waals surface area contributed by atoms with Gasteiger partial charge in [0.1, 0.15) is 0 Å². The number of rotatable bonds is 5. The standard InChI is InChI=1S/C7H10F3N3O/c8-7(9,10)2-4-11-3-1-6-12-5-14-13-6/h5,11H,1-4H2. The van der Waals surface area contributed by atoms with Crippen LogP contribution in [0.15, 0.2) is 10.9 Å². The normalized spacial score (nSPS) is 11.9. The Morgan fingerprint density at radius 1 is 1.36 bits per heavy atom. The Hall–Kier alpha value is -1.11. The highest BCUT2D eigenvalue weighted by molar-refractivity contribution is 4.78. The number of nitrogens with zero attached hydrogens (tertiary/aromatic N) is 2. The molecule has 0 aliphatic rings. The third-order valence-corrected chi connectivity index (χ3v) is 1.52. The molecule has 0 aliphatic carbocycles. The van der Waals surface area contributed by atoms with Crippen molar-refractivity contribution >= 4 is 0 Å². The summed E-state index contributed by atoms with van der Waals surface area (Å²) in [6, 6.07) is 0. The predicted octanol–water partition coefficient (Wildman–Crippen LogP) is 1.15. The van der Waals surface area contributed by atoms with Gasteiger partial charge in [0.2, 0.25) is 6.39 Å². The summed E-state index contributed by atoms with van der Waals surface area (Å²) in [4.78, 5) is 3.72. The fraction of sp³-hybridized carbons (Fsp3) is 0.714. The maximum Gasteiger partial charge on any atom is 0.390 e. The Bertz CT molecular complexity index is 247. The molecule has 1 aromatic rings. The van der Waals surface area contributed by atoms with Gasteiger partial charge in [0.05, 0.1) is 6.42 Å². The molecular formula is C7H10F3N3O. The zero-order valence-electron chi connectivity index (χ0n) is 7.34. The first-order valence-corrected chi connectivity index (χ1v) is 4.10. The lowest BCUT2D eigenvalue weighted by Gasteiger charge is -2.06. The van der Waals surface area contributed by atoms with Gasteiger partial charge in [-0.05, 0) is 0 Å². The first-order valence-electron chi connectivity index (χ1n) is 4.10. The van der Waals surface area contributed by atoms with E-state index in [1.54, 1.807) is 0 Å². The van der Waals surface area contributed by atoms with Crippen LogP contribution in [0.3, 0.4) is 0 Å². The van der Waals surface area contributed by atoms with Crippen LogP contribution in [0.2, 0.25) is 0 Å². The number of halogens is 3. The van der Waals surface area contributed by atoms with Crippen molar-refractivity contribution in [1.29, 1.82) is 0 Å². The SMILES string of the molecule is FC(F)(F)CCNCCc1ncon1. The molecule has 0 spiro atoms. The summed E-state index contributed by atoms with van der Waals surface area (Å²) in [5, 5.41) is 6.15. The van der Waals surface area contributed by atoms with Gasteiger partial charge in [0.15, 0.2) is 5.82 Å². The zero-order chi connectivity index (χ0) is 10.4. The van der Waals surface area contributed by atoms with Crippen LogP contribution in [0.25, 0.3) is 0 Å². The second-order valence-corrected chi connectivity index (χ2v) is 2.71. The van der Waals surface area contributed by atoms with Crippen LogP contribution in [0.1, 0.15) is 12.2 Å². The van der Waals surface area contributed by atoms with E-state index in [1.165, 1.54) is 6.39 Å². The quantitative estimate of drug-likeness (QED) is 0.739. The molecule has 0 radical (unpaired) electrons. The minimum atomic E-state index is -4.10. The topological polar surface area (TPSA) is 51.0 Å². The van der Waals surface area contributed by atoms with Crippen LogP contribution < -0.4 is 5.32 Å². The second-order valence-electron chi connectivity index (χ2n) is 2.71. The number of aromatic nitrogens is 2. The molecule has 0 saturated heterocycles. The van der Waals surface area contributed by atoms with Gasteiger partial charge in [-0.2, -0.15) is 18.2 Å². The van der Waals surface area contributed by atoms with Crippen LogP contribution in [0, 0.1) is 0 Å². The molecule has 0 aromatic carbocycles. The van der Waals surface area contributed by atoms with E-state index in [1.807, 2.05) is 0 Å². The van der Waals surface area contributed by atoms with E-state index < -0.39 is 12.6 Å². The number of nitrogens with one attached hydrogen (secondary N) is 1. The number of hydrogen-bond donors (Lipinski definition) is 1. The van der Waals surface area contributed by atoms with Gasteiger partial charge in [-0.3, -0.25) is 0 Å². The van der Waals surface area contributed by atoms with Gasteiger partial charge in [-0.1, -0.05) is 5.16 Å². The minimum Gasteiger partial charge on any atom is -0.343 e. The van der Waals surface area contributed by atoms with E-state index in [4.69, 9.17) is 0 Å². The molecule has 1 rings (SSSR count). The summed E-state index contributed by atoms with van der Waals surface area (Å²) in [6.07, 6.45) is -3.27. The van der Waals surface area contributed by atoms with Crippen molar-refractivity contribution in [3.8, 4) is 0 Å². The Morgan fingerprint density at radius 3 is 2.71 bits per heavy atom. The largest absolute Gasteiger partial charge is 0.390 e. The van der Waals surface area contributed by atoms with Gasteiger partial charge in [0, 0.05) is 19.5 Å². The Labute approximate surface area is 78.5 Å². The molecule has 0 aliphatic heterocycles. The third kappa shape index (κ3) is 4.80. The highest BCUT2D eigenvalue weighted by Crippen LogP contribution is 2.17. The summed E-state index contributed by atoms with van der Waals surface area (Å²) in [5.41, 5.74) is 0. The lowest BCUT2D eigenvalue weighted by atomic mass is 10.3. The molecule has 1 N–H and O–H groups in total. The van der Waals surface area contributed by atoms with Crippen LogP contribution in [0.4, 0.5) is 13.2 Å². The number of hydrogen-bond acceptors (Lipinski definition) is 4. The summed E-state index contributed by atoms with van der Waals surface area (Å²) in [7, 11) is 0. The molecule has 14 heavy (non-hydrogen) atoms. The zero-order valence-corrected chi connectivity index (χ0v) is 7.34. The molecule has 0 bridgehead atoms. The van der Waals surface area contributed by atoms with Crippen molar-refractivity contribution in [2.45, 2.75) is 19.0 Å². The van der Waals surface area contributed by atoms with Crippen molar-refractivity contribution in [3.05, 3.63) is 12.2 Å². The van der Waals surface area contributed by atoms with Crippen LogP contribution in [-0.4, -0.2) is 29.4 Å². The second kappa shape index (κ2) is 4.94. The van der Waals surface area contributed by atoms with Crippen LogP contribution in [-0.2, 0) is 6.42 Å². The molecule has 80 valence electrons. The van der Waals surface area contributed by atoms with Crippen molar-refractivity contribution in [3.63, 3.8) is 0 Å². The van der Waals surface area contributed by atoms with Gasteiger partial charge in [-0.15, -0.1) is 0 Å². The molecule has 0 fully saturated rings. The average Bonchev–Trinajstić information content (AvgIpc) is 2.54. The van der Waals surface area contributed by atoms with Crippen molar-refractivity contribution in [1.82, 2.24) is 15.5 Å². The van der Waals surface area contributed by atoms with Gasteiger partial charge in [0.25, 0.3) is 0 Å². The highest BCUT2D eigenvalue weighted by atomic mass is 19.4. The summed E-state index contributed by atoms with van der Waals surface area (Å²) < 4.78 is 39.5. The summed E-state index contributed by atoms with van der Waals surface area (Å²) in [5.74, 6) is 0.490. The third-order valence-electron chi connectivity index (χ3n) is 1.52. The van der Waals surface area contributed by atoms with E-state index in [0.29, 0.717) is 18.8 Å². The maximum atomic E-state index is 11.7. The van der Waals surface area contributed by atoms with Gasteiger partial charge >= 0.3 is 6.18 Å². The fourth-order valence-corrected chi connectivity index (χ4v) is 0.858. The Balaban J connectivity index is 2.00. The molecule has 4 nitrogen and oxygen atoms in total.